The predicted molar refractivity (Wildman–Crippen MR) is 69.1 cm³/mol. The Morgan fingerprint density at radius 3 is 2.89 bits per heavy atom. The molecular formula is C13H15N3O2. The van der Waals surface area contributed by atoms with Crippen LogP contribution in [0.4, 0.5) is 11.7 Å². The monoisotopic (exact) mass is 245 g/mol. The number of nitrogens with zero attached hydrogens (tertiary/aromatic N) is 1. The van der Waals surface area contributed by atoms with Crippen molar-refractivity contribution in [2.45, 2.75) is 19.8 Å². The van der Waals surface area contributed by atoms with Crippen molar-refractivity contribution in [3.05, 3.63) is 41.8 Å². The van der Waals surface area contributed by atoms with E-state index in [1.807, 2.05) is 12.1 Å². The van der Waals surface area contributed by atoms with Gasteiger partial charge in [-0.1, -0.05) is 12.1 Å². The molecule has 1 aromatic carbocycles. The third-order valence-corrected chi connectivity index (χ3v) is 2.65. The maximum atomic E-state index is 12.0. The van der Waals surface area contributed by atoms with Gasteiger partial charge in [0.2, 0.25) is 5.91 Å². The van der Waals surface area contributed by atoms with Crippen molar-refractivity contribution < 1.29 is 9.21 Å². The van der Waals surface area contributed by atoms with E-state index in [0.717, 1.165) is 11.3 Å². The summed E-state index contributed by atoms with van der Waals surface area (Å²) >= 11 is 0. The number of oxazole rings is 1. The van der Waals surface area contributed by atoms with Gasteiger partial charge in [0.15, 0.2) is 0 Å². The van der Waals surface area contributed by atoms with Gasteiger partial charge in [0.05, 0.1) is 11.6 Å². The molecule has 0 aliphatic rings. The standard InChI is InChI=1S/C13H15N3O2/c1-8-7-18-13(15-8)16-12(17)9(2)10-4-3-5-11(14)6-10/h3-7,9H,14H2,1-2H3,(H,15,16,17). The minimum atomic E-state index is -0.319. The fourth-order valence-electron chi connectivity index (χ4n) is 1.60. The largest absolute Gasteiger partial charge is 0.432 e. The number of nitrogens with two attached hydrogens (primary N) is 1. The molecule has 1 heterocycles. The van der Waals surface area contributed by atoms with Crippen LogP contribution in [0, 0.1) is 6.92 Å². The average molecular weight is 245 g/mol. The van der Waals surface area contributed by atoms with Crippen LogP contribution in [0.1, 0.15) is 24.1 Å². The number of benzene rings is 1. The highest BCUT2D eigenvalue weighted by molar-refractivity contribution is 5.94. The summed E-state index contributed by atoms with van der Waals surface area (Å²) in [5.41, 5.74) is 7.91. The minimum absolute atomic E-state index is 0.178. The third kappa shape index (κ3) is 2.68. The number of hydrogen-bond donors (Lipinski definition) is 2. The Kier molecular flexibility index (Phi) is 3.32. The molecule has 0 aliphatic carbocycles. The maximum absolute atomic E-state index is 12.0. The van der Waals surface area contributed by atoms with E-state index in [4.69, 9.17) is 10.2 Å². The molecule has 0 aliphatic heterocycles. The van der Waals surface area contributed by atoms with E-state index in [2.05, 4.69) is 10.3 Å². The van der Waals surface area contributed by atoms with Crippen LogP contribution in [-0.4, -0.2) is 10.9 Å². The fourth-order valence-corrected chi connectivity index (χ4v) is 1.60. The maximum Gasteiger partial charge on any atom is 0.301 e. The Balaban J connectivity index is 2.09. The fraction of sp³-hybridized carbons (Fsp3) is 0.231. The molecule has 1 amide bonds. The van der Waals surface area contributed by atoms with Gasteiger partial charge in [0.1, 0.15) is 6.26 Å². The van der Waals surface area contributed by atoms with Crippen LogP contribution >= 0.6 is 0 Å². The molecule has 1 atom stereocenters. The lowest BCUT2D eigenvalue weighted by molar-refractivity contribution is -0.117. The smallest absolute Gasteiger partial charge is 0.301 e. The van der Waals surface area contributed by atoms with Crippen LogP contribution in [0.3, 0.4) is 0 Å². The Morgan fingerprint density at radius 2 is 2.28 bits per heavy atom. The summed E-state index contributed by atoms with van der Waals surface area (Å²) < 4.78 is 5.08. The highest BCUT2D eigenvalue weighted by Crippen LogP contribution is 2.19. The molecule has 94 valence electrons. The van der Waals surface area contributed by atoms with Gasteiger partial charge in [-0.2, -0.15) is 4.98 Å². The summed E-state index contributed by atoms with van der Waals surface area (Å²) in [5.74, 6) is -0.497. The predicted octanol–water partition coefficient (Wildman–Crippen LogP) is 2.31. The first kappa shape index (κ1) is 12.2. The highest BCUT2D eigenvalue weighted by Gasteiger charge is 2.17. The number of carbonyl (C=O) groups excluding carboxylic acids is 1. The van der Waals surface area contributed by atoms with Crippen LogP contribution < -0.4 is 11.1 Å². The van der Waals surface area contributed by atoms with E-state index >= 15 is 0 Å². The van der Waals surface area contributed by atoms with Crippen molar-refractivity contribution >= 4 is 17.6 Å². The average Bonchev–Trinajstić information content (AvgIpc) is 2.73. The van der Waals surface area contributed by atoms with Crippen LogP contribution in [0.15, 0.2) is 34.9 Å². The van der Waals surface area contributed by atoms with Crippen molar-refractivity contribution in [2.75, 3.05) is 11.1 Å². The summed E-state index contributed by atoms with van der Waals surface area (Å²) in [4.78, 5) is 16.0. The minimum Gasteiger partial charge on any atom is -0.432 e. The first-order chi connectivity index (χ1) is 8.56. The molecule has 0 saturated carbocycles. The summed E-state index contributed by atoms with van der Waals surface area (Å²) in [5, 5.41) is 2.62. The second-order valence-corrected chi connectivity index (χ2v) is 4.18. The highest BCUT2D eigenvalue weighted by atomic mass is 16.4. The van der Waals surface area contributed by atoms with E-state index < -0.39 is 0 Å². The van der Waals surface area contributed by atoms with E-state index in [9.17, 15) is 4.79 Å². The molecule has 0 bridgehead atoms. The van der Waals surface area contributed by atoms with Gasteiger partial charge in [0.25, 0.3) is 0 Å². The molecule has 2 aromatic rings. The topological polar surface area (TPSA) is 81.2 Å². The van der Waals surface area contributed by atoms with E-state index in [1.165, 1.54) is 6.26 Å². The molecule has 1 aromatic heterocycles. The first-order valence-corrected chi connectivity index (χ1v) is 5.64. The zero-order valence-corrected chi connectivity index (χ0v) is 10.3. The molecule has 18 heavy (non-hydrogen) atoms. The molecule has 0 saturated heterocycles. The number of aryl methyl sites for hydroxylation is 1. The van der Waals surface area contributed by atoms with Crippen molar-refractivity contribution in [3.8, 4) is 0 Å². The van der Waals surface area contributed by atoms with Crippen LogP contribution in [0.2, 0.25) is 0 Å². The number of aromatic nitrogens is 1. The quantitative estimate of drug-likeness (QED) is 0.813. The molecule has 1 unspecified atom stereocenters. The van der Waals surface area contributed by atoms with Gasteiger partial charge < -0.3 is 10.2 Å². The van der Waals surface area contributed by atoms with Gasteiger partial charge in [-0.15, -0.1) is 0 Å². The molecule has 0 radical (unpaired) electrons. The van der Waals surface area contributed by atoms with Crippen LogP contribution in [0.25, 0.3) is 0 Å². The van der Waals surface area contributed by atoms with Crippen molar-refractivity contribution in [1.82, 2.24) is 4.98 Å². The van der Waals surface area contributed by atoms with Crippen molar-refractivity contribution in [1.29, 1.82) is 0 Å². The normalized spacial score (nSPS) is 12.1. The summed E-state index contributed by atoms with van der Waals surface area (Å²) in [6.07, 6.45) is 1.49. The number of nitrogen functional groups attached to an aromatic ring is 1. The molecule has 0 spiro atoms. The second-order valence-electron chi connectivity index (χ2n) is 4.18. The van der Waals surface area contributed by atoms with Gasteiger partial charge in [-0.3, -0.25) is 10.1 Å². The molecule has 5 nitrogen and oxygen atoms in total. The van der Waals surface area contributed by atoms with Gasteiger partial charge in [-0.25, -0.2) is 0 Å². The Bertz CT molecular complexity index is 563. The lowest BCUT2D eigenvalue weighted by atomic mass is 10.00. The van der Waals surface area contributed by atoms with Gasteiger partial charge in [-0.05, 0) is 31.5 Å². The molecule has 5 heteroatoms. The number of nitrogens with one attached hydrogen (secondary N) is 1. The number of carbonyl (C=O) groups is 1. The zero-order chi connectivity index (χ0) is 13.1. The Morgan fingerprint density at radius 1 is 1.50 bits per heavy atom. The molecule has 2 rings (SSSR count). The third-order valence-electron chi connectivity index (χ3n) is 2.65. The summed E-state index contributed by atoms with van der Waals surface area (Å²) in [7, 11) is 0. The zero-order valence-electron chi connectivity index (χ0n) is 10.3. The molecule has 3 N–H and O–H groups in total. The number of rotatable bonds is 3. The van der Waals surface area contributed by atoms with Gasteiger partial charge >= 0.3 is 6.01 Å². The Hall–Kier alpha value is -2.30. The lowest BCUT2D eigenvalue weighted by Gasteiger charge is -2.11. The van der Waals surface area contributed by atoms with E-state index in [0.29, 0.717) is 5.69 Å². The van der Waals surface area contributed by atoms with Crippen molar-refractivity contribution in [3.63, 3.8) is 0 Å². The number of hydrogen-bond acceptors (Lipinski definition) is 4. The summed E-state index contributed by atoms with van der Waals surface area (Å²) in [6, 6.07) is 7.47. The van der Waals surface area contributed by atoms with Crippen LogP contribution in [0.5, 0.6) is 0 Å². The SMILES string of the molecule is Cc1coc(NC(=O)C(C)c2cccc(N)c2)n1. The van der Waals surface area contributed by atoms with Crippen LogP contribution in [-0.2, 0) is 4.79 Å². The number of amides is 1. The second kappa shape index (κ2) is 4.91. The first-order valence-electron chi connectivity index (χ1n) is 5.64. The van der Waals surface area contributed by atoms with E-state index in [1.54, 1.807) is 26.0 Å². The van der Waals surface area contributed by atoms with E-state index in [-0.39, 0.29) is 17.8 Å². The van der Waals surface area contributed by atoms with Crippen molar-refractivity contribution in [2.24, 2.45) is 0 Å². The lowest BCUT2D eigenvalue weighted by Crippen LogP contribution is -2.19. The molecule has 0 fully saturated rings. The number of anilines is 2. The summed E-state index contributed by atoms with van der Waals surface area (Å²) in [6.45, 7) is 3.60. The Labute approximate surface area is 105 Å². The van der Waals surface area contributed by atoms with Gasteiger partial charge in [0, 0.05) is 5.69 Å². The molecular weight excluding hydrogens is 230 g/mol.